The zero-order valence-corrected chi connectivity index (χ0v) is 32.7. The summed E-state index contributed by atoms with van der Waals surface area (Å²) in [6, 6.07) is 0. The summed E-state index contributed by atoms with van der Waals surface area (Å²) in [5, 5.41) is 14.6. The van der Waals surface area contributed by atoms with E-state index < -0.39 is 6.09 Å². The van der Waals surface area contributed by atoms with Crippen molar-refractivity contribution in [3.8, 4) is 0 Å². The van der Waals surface area contributed by atoms with E-state index in [1.807, 2.05) is 0 Å². The summed E-state index contributed by atoms with van der Waals surface area (Å²) in [6.07, 6.45) is 39.5. The third-order valence-electron chi connectivity index (χ3n) is 10.1. The highest BCUT2D eigenvalue weighted by Gasteiger charge is 2.42. The number of amides is 1. The zero-order valence-electron chi connectivity index (χ0n) is 32.7. The molecule has 5 nitrogen and oxygen atoms in total. The fourth-order valence-corrected chi connectivity index (χ4v) is 6.87. The lowest BCUT2D eigenvalue weighted by molar-refractivity contribution is -0.770. The molecule has 0 fully saturated rings. The summed E-state index contributed by atoms with van der Waals surface area (Å²) < 4.78 is 0.0136. The number of carbonyl (C=O) groups is 1. The Balaban J connectivity index is 5.42. The van der Waals surface area contributed by atoms with Crippen LogP contribution in [0, 0.1) is 0 Å². The van der Waals surface area contributed by atoms with Crippen LogP contribution in [0.15, 0.2) is 4.99 Å². The van der Waals surface area contributed by atoms with Crippen molar-refractivity contribution in [3.63, 3.8) is 0 Å². The molecule has 0 aromatic carbocycles. The van der Waals surface area contributed by atoms with Gasteiger partial charge in [-0.1, -0.05) is 195 Å². The molecule has 0 aromatic heterocycles. The molecule has 0 spiro atoms. The van der Waals surface area contributed by atoms with Crippen LogP contribution in [0.1, 0.15) is 233 Å². The molecule has 47 heavy (non-hydrogen) atoms. The minimum Gasteiger partial charge on any atom is -0.435 e. The highest BCUT2D eigenvalue weighted by atomic mass is 16.4. The molecule has 0 unspecified atom stereocenters. The van der Waals surface area contributed by atoms with Gasteiger partial charge in [-0.15, -0.1) is 0 Å². The Hall–Kier alpha value is -1.10. The van der Waals surface area contributed by atoms with Gasteiger partial charge in [-0.05, 0) is 38.5 Å². The first-order chi connectivity index (χ1) is 23.1. The molecule has 5 heteroatoms. The van der Waals surface area contributed by atoms with Crippen molar-refractivity contribution in [1.82, 2.24) is 5.32 Å². The molecule has 0 radical (unpaired) electrons. The van der Waals surface area contributed by atoms with Gasteiger partial charge in [0, 0.05) is 13.1 Å². The van der Waals surface area contributed by atoms with E-state index in [4.69, 9.17) is 4.99 Å². The first-order valence-corrected chi connectivity index (χ1v) is 21.5. The smallest absolute Gasteiger partial charge is 0.435 e. The molecule has 0 saturated carbocycles. The van der Waals surface area contributed by atoms with E-state index in [1.165, 1.54) is 167 Å². The first kappa shape index (κ1) is 45.9. The lowest BCUT2D eigenvalue weighted by Crippen LogP contribution is -2.62. The first-order valence-electron chi connectivity index (χ1n) is 21.5. The minimum absolute atomic E-state index is 0.0136. The van der Waals surface area contributed by atoms with Crippen LogP contribution in [0.2, 0.25) is 0 Å². The number of hydrogen-bond donors (Lipinski definition) is 2. The summed E-state index contributed by atoms with van der Waals surface area (Å²) in [7, 11) is 0. The molecule has 0 aromatic rings. The van der Waals surface area contributed by atoms with Crippen LogP contribution in [0.4, 0.5) is 4.79 Å². The molecule has 0 aliphatic carbocycles. The van der Waals surface area contributed by atoms with Crippen molar-refractivity contribution >= 4 is 12.1 Å². The number of aliphatic imine (C=N–C) groups is 1. The van der Waals surface area contributed by atoms with Gasteiger partial charge in [-0.25, -0.2) is 4.99 Å². The van der Waals surface area contributed by atoms with Crippen LogP contribution in [-0.2, 0) is 0 Å². The Bertz CT molecular complexity index is 661. The van der Waals surface area contributed by atoms with Gasteiger partial charge in [0.05, 0.1) is 13.1 Å². The molecule has 0 aliphatic heterocycles. The quantitative estimate of drug-likeness (QED) is 0.0303. The van der Waals surface area contributed by atoms with Gasteiger partial charge >= 0.3 is 12.1 Å². The van der Waals surface area contributed by atoms with Crippen molar-refractivity contribution in [2.24, 2.45) is 4.99 Å². The van der Waals surface area contributed by atoms with Gasteiger partial charge in [-0.3, -0.25) is 0 Å². The molecular formula is C42H86N3O2+. The minimum atomic E-state index is -0.700. The number of rotatable bonds is 36. The standard InChI is InChI=1S/C42H85N3O2/c1-5-9-13-17-21-25-29-33-37-43-41(44-38-34-30-26-22-18-14-10-6-2)45(42(46)47,39-35-31-27-23-19-15-11-7-3)40-36-32-28-24-20-16-12-8-4/h5-40H2,1-4H3,(H-,43,44,46,47)/p+1. The second-order valence-corrected chi connectivity index (χ2v) is 14.7. The van der Waals surface area contributed by atoms with Crippen molar-refractivity contribution in [2.75, 3.05) is 26.2 Å². The second-order valence-electron chi connectivity index (χ2n) is 14.7. The van der Waals surface area contributed by atoms with Crippen molar-refractivity contribution in [1.29, 1.82) is 0 Å². The number of carboxylic acid groups (broad SMARTS) is 1. The monoisotopic (exact) mass is 665 g/mol. The van der Waals surface area contributed by atoms with E-state index in [2.05, 4.69) is 33.0 Å². The fourth-order valence-electron chi connectivity index (χ4n) is 6.87. The van der Waals surface area contributed by atoms with Gasteiger partial charge < -0.3 is 10.4 Å². The molecule has 0 heterocycles. The van der Waals surface area contributed by atoms with Crippen LogP contribution in [0.5, 0.6) is 0 Å². The van der Waals surface area contributed by atoms with E-state index in [0.717, 1.165) is 57.6 Å². The van der Waals surface area contributed by atoms with Crippen LogP contribution in [0.3, 0.4) is 0 Å². The van der Waals surface area contributed by atoms with Crippen LogP contribution >= 0.6 is 0 Å². The molecular weight excluding hydrogens is 578 g/mol. The fraction of sp³-hybridized carbons (Fsp3) is 0.952. The Morgan fingerprint density at radius 1 is 0.447 bits per heavy atom. The van der Waals surface area contributed by atoms with E-state index in [9.17, 15) is 9.90 Å². The summed E-state index contributed by atoms with van der Waals surface area (Å²) in [4.78, 5) is 18.4. The third-order valence-corrected chi connectivity index (χ3v) is 10.1. The summed E-state index contributed by atoms with van der Waals surface area (Å²) >= 11 is 0. The lowest BCUT2D eigenvalue weighted by atomic mass is 10.1. The molecule has 2 N–H and O–H groups in total. The van der Waals surface area contributed by atoms with E-state index in [0.29, 0.717) is 13.1 Å². The highest BCUT2D eigenvalue weighted by molar-refractivity contribution is 5.82. The van der Waals surface area contributed by atoms with Gasteiger partial charge in [0.15, 0.2) is 0 Å². The predicted octanol–water partition coefficient (Wildman–Crippen LogP) is 14.0. The third kappa shape index (κ3) is 27.4. The zero-order chi connectivity index (χ0) is 34.5. The summed E-state index contributed by atoms with van der Waals surface area (Å²) in [5.74, 6) is 0.759. The number of nitrogens with zero attached hydrogens (tertiary/aromatic N) is 2. The summed E-state index contributed by atoms with van der Waals surface area (Å²) in [6.45, 7) is 12.0. The molecule has 0 saturated heterocycles. The number of guanidine groups is 1. The van der Waals surface area contributed by atoms with Crippen molar-refractivity contribution in [3.05, 3.63) is 0 Å². The average Bonchev–Trinajstić information content (AvgIpc) is 3.07. The maximum atomic E-state index is 13.3. The van der Waals surface area contributed by atoms with Crippen molar-refractivity contribution < 1.29 is 14.4 Å². The van der Waals surface area contributed by atoms with Crippen LogP contribution in [0.25, 0.3) is 0 Å². The molecule has 0 atom stereocenters. The molecule has 280 valence electrons. The highest BCUT2D eigenvalue weighted by Crippen LogP contribution is 2.19. The van der Waals surface area contributed by atoms with Gasteiger partial charge in [-0.2, -0.15) is 9.28 Å². The van der Waals surface area contributed by atoms with E-state index >= 15 is 0 Å². The Morgan fingerprint density at radius 2 is 0.745 bits per heavy atom. The van der Waals surface area contributed by atoms with E-state index in [1.54, 1.807) is 0 Å². The average molecular weight is 665 g/mol. The number of unbranched alkanes of at least 4 members (excludes halogenated alkanes) is 28. The Kier molecular flexibility index (Phi) is 35.3. The largest absolute Gasteiger partial charge is 0.521 e. The number of nitrogens with one attached hydrogen (secondary N) is 1. The molecule has 1 amide bonds. The second kappa shape index (κ2) is 36.2. The Labute approximate surface area is 295 Å². The van der Waals surface area contributed by atoms with E-state index in [-0.39, 0.29) is 4.48 Å². The SMILES string of the molecule is CCCCCCCCCCN=C(NCCCCCCCCCC)[N+](CCCCCCCCCC)(CCCCCCCCCC)C(=O)O. The maximum Gasteiger partial charge on any atom is 0.521 e. The topological polar surface area (TPSA) is 61.7 Å². The van der Waals surface area contributed by atoms with Crippen LogP contribution < -0.4 is 5.32 Å². The Morgan fingerprint density at radius 3 is 1.09 bits per heavy atom. The van der Waals surface area contributed by atoms with Gasteiger partial charge in [0.2, 0.25) is 0 Å². The molecule has 0 rings (SSSR count). The summed E-state index contributed by atoms with van der Waals surface area (Å²) in [5.41, 5.74) is 0. The van der Waals surface area contributed by atoms with Gasteiger partial charge in [0.25, 0.3) is 0 Å². The van der Waals surface area contributed by atoms with Crippen LogP contribution in [-0.4, -0.2) is 47.8 Å². The lowest BCUT2D eigenvalue weighted by Gasteiger charge is -2.33. The number of quaternary nitrogens is 1. The molecule has 0 bridgehead atoms. The van der Waals surface area contributed by atoms with Crippen molar-refractivity contribution in [2.45, 2.75) is 233 Å². The molecule has 0 aliphatic rings. The maximum absolute atomic E-state index is 13.3. The normalized spacial score (nSPS) is 12.2. The number of hydrogen-bond acceptors (Lipinski definition) is 2. The predicted molar refractivity (Wildman–Crippen MR) is 209 cm³/mol. The van der Waals surface area contributed by atoms with Gasteiger partial charge in [0.1, 0.15) is 0 Å².